The van der Waals surface area contributed by atoms with Crippen LogP contribution in [0.5, 0.6) is 5.75 Å². The largest absolute Gasteiger partial charge is 0.502 e. The van der Waals surface area contributed by atoms with Gasteiger partial charge in [0, 0.05) is 42.7 Å². The van der Waals surface area contributed by atoms with Gasteiger partial charge in [0.05, 0.1) is 25.2 Å². The molecule has 0 amide bonds. The average Bonchev–Trinajstić information content (AvgIpc) is 3.37. The Kier molecular flexibility index (Phi) is 7.53. The van der Waals surface area contributed by atoms with Gasteiger partial charge in [-0.15, -0.1) is 0 Å². The lowest BCUT2D eigenvalue weighted by Gasteiger charge is -2.14. The van der Waals surface area contributed by atoms with Crippen LogP contribution < -0.4 is 10.9 Å². The molecule has 0 unspecified atom stereocenters. The minimum absolute atomic E-state index is 0.131. The summed E-state index contributed by atoms with van der Waals surface area (Å²) in [6, 6.07) is 16.2. The van der Waals surface area contributed by atoms with E-state index in [0.717, 1.165) is 42.9 Å². The number of H-pyrrole nitrogens is 1. The van der Waals surface area contributed by atoms with Crippen LogP contribution >= 0.6 is 0 Å². The molecule has 4 N–H and O–H groups in total. The van der Waals surface area contributed by atoms with Crippen LogP contribution in [0.25, 0.3) is 0 Å². The van der Waals surface area contributed by atoms with Crippen LogP contribution in [0, 0.1) is 11.8 Å². The van der Waals surface area contributed by atoms with Gasteiger partial charge >= 0.3 is 0 Å². The molecule has 0 radical (unpaired) electrons. The number of rotatable bonds is 7. The van der Waals surface area contributed by atoms with E-state index in [9.17, 15) is 15.0 Å². The Morgan fingerprint density at radius 1 is 1.12 bits per heavy atom. The van der Waals surface area contributed by atoms with Crippen LogP contribution in [0.2, 0.25) is 0 Å². The Hall–Kier alpha value is -3.44. The molecule has 3 aromatic rings. The van der Waals surface area contributed by atoms with Gasteiger partial charge in [-0.1, -0.05) is 36.1 Å². The van der Waals surface area contributed by atoms with Crippen molar-refractivity contribution in [1.29, 1.82) is 0 Å². The quantitative estimate of drug-likeness (QED) is 0.415. The first-order chi connectivity index (χ1) is 16.1. The summed E-state index contributed by atoms with van der Waals surface area (Å²) >= 11 is 0. The van der Waals surface area contributed by atoms with Gasteiger partial charge in [0.2, 0.25) is 5.75 Å². The monoisotopic (exact) mass is 445 g/mol. The number of aromatic amines is 1. The van der Waals surface area contributed by atoms with Gasteiger partial charge in [-0.05, 0) is 41.8 Å². The normalized spacial score (nSPS) is 16.2. The summed E-state index contributed by atoms with van der Waals surface area (Å²) in [5.41, 5.74) is 3.57. The summed E-state index contributed by atoms with van der Waals surface area (Å²) in [5.74, 6) is 5.65. The van der Waals surface area contributed by atoms with Crippen molar-refractivity contribution in [2.24, 2.45) is 0 Å². The Balaban J connectivity index is 1.37. The summed E-state index contributed by atoms with van der Waals surface area (Å²) in [6.07, 6.45) is 2.57. The van der Waals surface area contributed by atoms with Gasteiger partial charge in [-0.25, -0.2) is 4.98 Å². The molecule has 4 rings (SSSR count). The fourth-order valence-corrected chi connectivity index (χ4v) is 3.75. The number of aliphatic hydroxyl groups is 1. The summed E-state index contributed by atoms with van der Waals surface area (Å²) in [5, 5.41) is 23.2. The predicted octanol–water partition coefficient (Wildman–Crippen LogP) is 2.07. The number of benzene rings is 2. The number of aromatic nitrogens is 2. The molecular formula is C26H27N3O4. The number of hydrogen-bond acceptors (Lipinski definition) is 6. The first-order valence-electron chi connectivity index (χ1n) is 11.0. The Labute approximate surface area is 192 Å². The maximum Gasteiger partial charge on any atom is 0.293 e. The average molecular weight is 446 g/mol. The smallest absolute Gasteiger partial charge is 0.293 e. The maximum absolute atomic E-state index is 11.6. The van der Waals surface area contributed by atoms with Crippen LogP contribution in [-0.2, 0) is 17.7 Å². The number of aromatic hydroxyl groups is 1. The van der Waals surface area contributed by atoms with Crippen molar-refractivity contribution in [3.05, 3.63) is 93.2 Å². The number of ether oxygens (including phenoxy) is 1. The number of hydrogen-bond donors (Lipinski definition) is 4. The van der Waals surface area contributed by atoms with E-state index < -0.39 is 11.3 Å². The van der Waals surface area contributed by atoms with Crippen molar-refractivity contribution in [2.75, 3.05) is 19.8 Å². The van der Waals surface area contributed by atoms with E-state index in [-0.39, 0.29) is 24.6 Å². The molecule has 1 aliphatic heterocycles. The molecule has 2 heterocycles. The zero-order chi connectivity index (χ0) is 23.0. The summed E-state index contributed by atoms with van der Waals surface area (Å²) in [7, 11) is 0. The molecule has 170 valence electrons. The lowest BCUT2D eigenvalue weighted by Crippen LogP contribution is -2.28. The van der Waals surface area contributed by atoms with E-state index in [1.165, 1.54) is 11.9 Å². The molecule has 1 aromatic heterocycles. The fraction of sp³-hybridized carbons (Fsp3) is 0.308. The van der Waals surface area contributed by atoms with E-state index in [1.807, 2.05) is 36.4 Å². The van der Waals surface area contributed by atoms with Crippen LogP contribution in [-0.4, -0.2) is 46.0 Å². The first-order valence-corrected chi connectivity index (χ1v) is 11.0. The standard InChI is InChI=1S/C26H27N3O4/c30-15-22(13-24-25(31)26(32)29-17-28-24)21-9-7-19(8-10-21)2-1-18-3-5-20(6-4-18)14-27-23-11-12-33-16-23/h3-10,17,22-23,27,30-31H,11-16H2,(H,28,29,32)/t22-,23-/m0/s1. The van der Waals surface area contributed by atoms with Crippen molar-refractivity contribution in [1.82, 2.24) is 15.3 Å². The van der Waals surface area contributed by atoms with Gasteiger partial charge in [0.1, 0.15) is 0 Å². The third kappa shape index (κ3) is 6.08. The van der Waals surface area contributed by atoms with E-state index in [4.69, 9.17) is 4.74 Å². The molecule has 1 saturated heterocycles. The number of aliphatic hydroxyl groups excluding tert-OH is 1. The second-order valence-electron chi connectivity index (χ2n) is 8.12. The lowest BCUT2D eigenvalue weighted by molar-refractivity contribution is 0.190. The molecule has 1 fully saturated rings. The summed E-state index contributed by atoms with van der Waals surface area (Å²) in [6.45, 7) is 2.31. The zero-order valence-corrected chi connectivity index (χ0v) is 18.3. The van der Waals surface area contributed by atoms with Crippen molar-refractivity contribution in [3.8, 4) is 17.6 Å². The fourth-order valence-electron chi connectivity index (χ4n) is 3.75. The van der Waals surface area contributed by atoms with Crippen LogP contribution in [0.4, 0.5) is 0 Å². The predicted molar refractivity (Wildman–Crippen MR) is 125 cm³/mol. The molecular weight excluding hydrogens is 418 g/mol. The Morgan fingerprint density at radius 3 is 2.45 bits per heavy atom. The van der Waals surface area contributed by atoms with Crippen LogP contribution in [0.15, 0.2) is 59.7 Å². The molecule has 1 aliphatic rings. The zero-order valence-electron chi connectivity index (χ0n) is 18.3. The SMILES string of the molecule is O=c1[nH]cnc(C[C@@H](CO)c2ccc(C#Cc3ccc(CN[C@H]4CCOC4)cc3)cc2)c1O. The highest BCUT2D eigenvalue weighted by Gasteiger charge is 2.16. The highest BCUT2D eigenvalue weighted by atomic mass is 16.5. The molecule has 7 heteroatoms. The number of nitrogens with zero attached hydrogens (tertiary/aromatic N) is 1. The van der Waals surface area contributed by atoms with Crippen LogP contribution in [0.1, 0.15) is 40.3 Å². The molecule has 7 nitrogen and oxygen atoms in total. The lowest BCUT2D eigenvalue weighted by atomic mass is 9.94. The van der Waals surface area contributed by atoms with Gasteiger partial charge < -0.3 is 25.3 Å². The first kappa shape index (κ1) is 22.7. The third-order valence-electron chi connectivity index (χ3n) is 5.78. The van der Waals surface area contributed by atoms with Crippen molar-refractivity contribution >= 4 is 0 Å². The third-order valence-corrected chi connectivity index (χ3v) is 5.78. The van der Waals surface area contributed by atoms with E-state index in [2.05, 4.69) is 39.3 Å². The van der Waals surface area contributed by atoms with Crippen molar-refractivity contribution in [2.45, 2.75) is 31.3 Å². The minimum atomic E-state index is -0.588. The Bertz CT molecular complexity index is 1170. The van der Waals surface area contributed by atoms with Crippen molar-refractivity contribution < 1.29 is 14.9 Å². The number of nitrogens with one attached hydrogen (secondary N) is 2. The topological polar surface area (TPSA) is 107 Å². The molecule has 2 atom stereocenters. The second-order valence-corrected chi connectivity index (χ2v) is 8.12. The van der Waals surface area contributed by atoms with E-state index in [0.29, 0.717) is 6.04 Å². The molecule has 0 spiro atoms. The van der Waals surface area contributed by atoms with E-state index in [1.54, 1.807) is 0 Å². The van der Waals surface area contributed by atoms with Gasteiger partial charge in [0.25, 0.3) is 5.56 Å². The van der Waals surface area contributed by atoms with Crippen molar-refractivity contribution in [3.63, 3.8) is 0 Å². The molecule has 0 bridgehead atoms. The molecule has 0 aliphatic carbocycles. The van der Waals surface area contributed by atoms with Gasteiger partial charge in [0.15, 0.2) is 0 Å². The molecule has 2 aromatic carbocycles. The van der Waals surface area contributed by atoms with Crippen LogP contribution in [0.3, 0.4) is 0 Å². The van der Waals surface area contributed by atoms with Gasteiger partial charge in [-0.3, -0.25) is 4.79 Å². The maximum atomic E-state index is 11.6. The highest BCUT2D eigenvalue weighted by molar-refractivity contribution is 5.44. The minimum Gasteiger partial charge on any atom is -0.502 e. The summed E-state index contributed by atoms with van der Waals surface area (Å²) < 4.78 is 5.38. The Morgan fingerprint density at radius 2 is 1.82 bits per heavy atom. The highest BCUT2D eigenvalue weighted by Crippen LogP contribution is 2.22. The molecule has 0 saturated carbocycles. The molecule has 33 heavy (non-hydrogen) atoms. The summed E-state index contributed by atoms with van der Waals surface area (Å²) in [4.78, 5) is 17.9. The van der Waals surface area contributed by atoms with E-state index >= 15 is 0 Å². The second kappa shape index (κ2) is 10.9. The van der Waals surface area contributed by atoms with Gasteiger partial charge in [-0.2, -0.15) is 0 Å².